The van der Waals surface area contributed by atoms with E-state index in [0.29, 0.717) is 24.5 Å². The molecular formula is C7H10N4O2S. The molecule has 6 nitrogen and oxygen atoms in total. The van der Waals surface area contributed by atoms with E-state index in [1.807, 2.05) is 0 Å². The Balaban J connectivity index is 1.90. The first-order valence-electron chi connectivity index (χ1n) is 4.27. The third-order valence-corrected chi connectivity index (χ3v) is 2.62. The monoisotopic (exact) mass is 214 g/mol. The summed E-state index contributed by atoms with van der Waals surface area (Å²) in [6, 6.07) is -0.201. The number of likely N-dealkylation sites (tertiary alicyclic amines) is 1. The van der Waals surface area contributed by atoms with E-state index >= 15 is 0 Å². The summed E-state index contributed by atoms with van der Waals surface area (Å²) in [5, 5.41) is 16.1. The molecule has 0 spiro atoms. The average molecular weight is 214 g/mol. The minimum absolute atomic E-state index is 0.201. The van der Waals surface area contributed by atoms with Gasteiger partial charge in [-0.1, -0.05) is 4.49 Å². The second-order valence-corrected chi connectivity index (χ2v) is 3.89. The van der Waals surface area contributed by atoms with Crippen molar-refractivity contribution >= 4 is 22.6 Å². The summed E-state index contributed by atoms with van der Waals surface area (Å²) in [7, 11) is 0. The van der Waals surface area contributed by atoms with Gasteiger partial charge < -0.3 is 10.0 Å². The molecule has 0 aromatic carbocycles. The van der Waals surface area contributed by atoms with Crippen LogP contribution in [0, 0.1) is 0 Å². The zero-order valence-electron chi connectivity index (χ0n) is 7.38. The van der Waals surface area contributed by atoms with Crippen molar-refractivity contribution in [1.29, 1.82) is 0 Å². The number of carbonyl (C=O) groups is 1. The molecule has 7 heteroatoms. The number of nitrogens with zero attached hydrogens (tertiary/aromatic N) is 3. The molecule has 2 rings (SSSR count). The number of urea groups is 1. The van der Waals surface area contributed by atoms with Crippen LogP contribution in [0.3, 0.4) is 0 Å². The number of β-amino-alcohol motifs (C(OH)–C–C–N with tert-alkyl or cyclic N) is 1. The van der Waals surface area contributed by atoms with Crippen LogP contribution in [0.25, 0.3) is 0 Å². The van der Waals surface area contributed by atoms with Gasteiger partial charge in [0.25, 0.3) is 0 Å². The lowest BCUT2D eigenvalue weighted by Gasteiger charge is -2.14. The van der Waals surface area contributed by atoms with Gasteiger partial charge in [-0.25, -0.2) is 4.79 Å². The van der Waals surface area contributed by atoms with Crippen LogP contribution in [-0.4, -0.2) is 44.8 Å². The summed E-state index contributed by atoms with van der Waals surface area (Å²) in [5.41, 5.74) is 0. The molecule has 1 atom stereocenters. The number of rotatable bonds is 1. The number of aromatic nitrogens is 2. The Labute approximate surface area is 84.7 Å². The molecule has 1 aliphatic heterocycles. The van der Waals surface area contributed by atoms with E-state index in [1.165, 1.54) is 6.20 Å². The molecule has 0 radical (unpaired) electrons. The fourth-order valence-electron chi connectivity index (χ4n) is 1.33. The highest BCUT2D eigenvalue weighted by atomic mass is 32.1. The molecule has 2 amide bonds. The van der Waals surface area contributed by atoms with Gasteiger partial charge in [0.1, 0.15) is 5.00 Å². The van der Waals surface area contributed by atoms with E-state index in [-0.39, 0.29) is 12.1 Å². The first-order valence-corrected chi connectivity index (χ1v) is 5.04. The van der Waals surface area contributed by atoms with Crippen LogP contribution in [0.4, 0.5) is 9.80 Å². The van der Waals surface area contributed by atoms with Crippen molar-refractivity contribution in [2.75, 3.05) is 18.4 Å². The Morgan fingerprint density at radius 3 is 3.21 bits per heavy atom. The molecule has 0 bridgehead atoms. The highest BCUT2D eigenvalue weighted by molar-refractivity contribution is 7.10. The zero-order valence-corrected chi connectivity index (χ0v) is 8.20. The molecule has 2 heterocycles. The summed E-state index contributed by atoms with van der Waals surface area (Å²) in [5.74, 6) is 0. The van der Waals surface area contributed by atoms with Crippen molar-refractivity contribution < 1.29 is 9.90 Å². The normalized spacial score (nSPS) is 21.2. The topological polar surface area (TPSA) is 78.4 Å². The average Bonchev–Trinajstić information content (AvgIpc) is 2.75. The number of amides is 2. The van der Waals surface area contributed by atoms with Gasteiger partial charge in [-0.2, -0.15) is 0 Å². The number of nitrogens with one attached hydrogen (secondary N) is 1. The Kier molecular flexibility index (Phi) is 2.60. The quantitative estimate of drug-likeness (QED) is 0.697. The summed E-state index contributed by atoms with van der Waals surface area (Å²) in [6.45, 7) is 0.997. The van der Waals surface area contributed by atoms with Gasteiger partial charge in [-0.15, -0.1) is 5.10 Å². The van der Waals surface area contributed by atoms with Crippen molar-refractivity contribution in [2.45, 2.75) is 12.5 Å². The van der Waals surface area contributed by atoms with Crippen LogP contribution in [0.5, 0.6) is 0 Å². The molecule has 1 aliphatic rings. The van der Waals surface area contributed by atoms with Gasteiger partial charge in [0, 0.05) is 24.6 Å². The van der Waals surface area contributed by atoms with Crippen molar-refractivity contribution in [2.24, 2.45) is 0 Å². The summed E-state index contributed by atoms with van der Waals surface area (Å²) < 4.78 is 3.63. The third-order valence-electron chi connectivity index (χ3n) is 2.04. The molecule has 0 saturated carbocycles. The molecule has 14 heavy (non-hydrogen) atoms. The fraction of sp³-hybridized carbons (Fsp3) is 0.571. The van der Waals surface area contributed by atoms with Crippen LogP contribution in [0.2, 0.25) is 0 Å². The first-order chi connectivity index (χ1) is 6.75. The second kappa shape index (κ2) is 3.89. The van der Waals surface area contributed by atoms with E-state index in [9.17, 15) is 9.90 Å². The zero-order chi connectivity index (χ0) is 9.97. The van der Waals surface area contributed by atoms with Crippen molar-refractivity contribution in [3.05, 3.63) is 6.20 Å². The molecule has 1 aromatic heterocycles. The number of anilines is 1. The second-order valence-electron chi connectivity index (χ2n) is 3.10. The minimum Gasteiger partial charge on any atom is -0.391 e. The van der Waals surface area contributed by atoms with E-state index in [1.54, 1.807) is 4.90 Å². The van der Waals surface area contributed by atoms with Gasteiger partial charge in [0.05, 0.1) is 12.3 Å². The molecule has 1 aromatic rings. The predicted octanol–water partition coefficient (Wildman–Crippen LogP) is 0.137. The minimum atomic E-state index is -0.389. The highest BCUT2D eigenvalue weighted by Gasteiger charge is 2.24. The smallest absolute Gasteiger partial charge is 0.322 e. The molecule has 1 saturated heterocycles. The SMILES string of the molecule is O=C(Nc1cnns1)N1CCC(O)C1. The van der Waals surface area contributed by atoms with Gasteiger partial charge in [0.2, 0.25) is 0 Å². The van der Waals surface area contributed by atoms with Crippen LogP contribution in [0.15, 0.2) is 6.20 Å². The van der Waals surface area contributed by atoms with E-state index in [2.05, 4.69) is 14.9 Å². The lowest BCUT2D eigenvalue weighted by Crippen LogP contribution is -2.33. The molecule has 0 aliphatic carbocycles. The number of aliphatic hydroxyl groups excluding tert-OH is 1. The molecule has 2 N–H and O–H groups in total. The van der Waals surface area contributed by atoms with Crippen LogP contribution < -0.4 is 5.32 Å². The summed E-state index contributed by atoms with van der Waals surface area (Å²) >= 11 is 1.13. The van der Waals surface area contributed by atoms with Crippen molar-refractivity contribution in [3.8, 4) is 0 Å². The van der Waals surface area contributed by atoms with E-state index in [4.69, 9.17) is 0 Å². The van der Waals surface area contributed by atoms with Gasteiger partial charge in [0.15, 0.2) is 0 Å². The third kappa shape index (κ3) is 1.99. The van der Waals surface area contributed by atoms with E-state index in [0.717, 1.165) is 11.5 Å². The Morgan fingerprint density at radius 2 is 2.64 bits per heavy atom. The lowest BCUT2D eigenvalue weighted by molar-refractivity contribution is 0.176. The standard InChI is InChI=1S/C7H10N4O2S/c12-5-1-2-11(4-5)7(13)9-6-3-8-10-14-6/h3,5,12H,1-2,4H2,(H,9,13). The summed E-state index contributed by atoms with van der Waals surface area (Å²) in [6.07, 6.45) is 1.75. The van der Waals surface area contributed by atoms with E-state index < -0.39 is 0 Å². The lowest BCUT2D eigenvalue weighted by atomic mass is 10.3. The Bertz CT molecular complexity index is 315. The van der Waals surface area contributed by atoms with Gasteiger partial charge in [-0.05, 0) is 6.42 Å². The highest BCUT2D eigenvalue weighted by Crippen LogP contribution is 2.13. The fourth-order valence-corrected chi connectivity index (χ4v) is 1.74. The maximum Gasteiger partial charge on any atom is 0.322 e. The largest absolute Gasteiger partial charge is 0.391 e. The predicted molar refractivity (Wildman–Crippen MR) is 51.1 cm³/mol. The maximum atomic E-state index is 11.5. The maximum absolute atomic E-state index is 11.5. The number of aliphatic hydroxyl groups is 1. The van der Waals surface area contributed by atoms with Crippen molar-refractivity contribution in [3.63, 3.8) is 0 Å². The van der Waals surface area contributed by atoms with Crippen LogP contribution in [-0.2, 0) is 0 Å². The summed E-state index contributed by atoms with van der Waals surface area (Å²) in [4.78, 5) is 13.1. The molecular weight excluding hydrogens is 204 g/mol. The molecule has 1 unspecified atom stereocenters. The first kappa shape index (κ1) is 9.35. The van der Waals surface area contributed by atoms with Gasteiger partial charge >= 0.3 is 6.03 Å². The van der Waals surface area contributed by atoms with Crippen LogP contribution >= 0.6 is 11.5 Å². The van der Waals surface area contributed by atoms with Crippen molar-refractivity contribution in [1.82, 2.24) is 14.5 Å². The number of hydrogen-bond donors (Lipinski definition) is 2. The van der Waals surface area contributed by atoms with Crippen LogP contribution in [0.1, 0.15) is 6.42 Å². The number of carbonyl (C=O) groups excluding carboxylic acids is 1. The number of hydrogen-bond acceptors (Lipinski definition) is 5. The molecule has 1 fully saturated rings. The molecule has 76 valence electrons. The Hall–Kier alpha value is -1.21. The van der Waals surface area contributed by atoms with Gasteiger partial charge in [-0.3, -0.25) is 5.32 Å². The Morgan fingerprint density at radius 1 is 1.79 bits per heavy atom.